The summed E-state index contributed by atoms with van der Waals surface area (Å²) in [6.45, 7) is 14.4. The zero-order chi connectivity index (χ0) is 73.8. The summed E-state index contributed by atoms with van der Waals surface area (Å²) in [5.41, 5.74) is 10.2. The second kappa shape index (κ2) is 33.5. The summed E-state index contributed by atoms with van der Waals surface area (Å²) in [7, 11) is 0. The summed E-state index contributed by atoms with van der Waals surface area (Å²) in [5.74, 6) is -4.68. The molecular weight excluding hydrogens is 1340 g/mol. The van der Waals surface area contributed by atoms with Gasteiger partial charge in [0, 0.05) is 111 Å². The Morgan fingerprint density at radius 3 is 2.32 bits per heavy atom. The maximum atomic E-state index is 14.0. The second-order valence-corrected chi connectivity index (χ2v) is 30.2. The van der Waals surface area contributed by atoms with E-state index in [0.717, 1.165) is 57.6 Å². The maximum absolute atomic E-state index is 14.0. The van der Waals surface area contributed by atoms with Crippen molar-refractivity contribution in [2.24, 2.45) is 34.3 Å². The van der Waals surface area contributed by atoms with Gasteiger partial charge in [0.15, 0.2) is 16.6 Å². The van der Waals surface area contributed by atoms with Crippen molar-refractivity contribution < 1.29 is 67.6 Å². The first kappa shape index (κ1) is 75.8. The van der Waals surface area contributed by atoms with E-state index in [1.54, 1.807) is 56.4 Å². The lowest BCUT2D eigenvalue weighted by molar-refractivity contribution is -0.179. The van der Waals surface area contributed by atoms with Crippen LogP contribution in [0.25, 0.3) is 21.3 Å². The first-order valence-electron chi connectivity index (χ1n) is 35.5. The van der Waals surface area contributed by atoms with Crippen molar-refractivity contribution in [3.8, 4) is 11.1 Å². The summed E-state index contributed by atoms with van der Waals surface area (Å²) in [6, 6.07) is 22.0. The smallest absolute Gasteiger partial charge is 0.410 e. The maximum Gasteiger partial charge on any atom is 0.410 e. The Labute approximate surface area is 602 Å². The van der Waals surface area contributed by atoms with Crippen LogP contribution in [0.3, 0.4) is 0 Å². The Hall–Kier alpha value is -9.89. The van der Waals surface area contributed by atoms with Crippen molar-refractivity contribution in [2.45, 2.75) is 169 Å². The number of Topliss-reactive ketones (excluding diaryl/α,β-unsaturated/α-hetero) is 1. The van der Waals surface area contributed by atoms with Gasteiger partial charge in [0.2, 0.25) is 11.8 Å². The minimum atomic E-state index is -1.18. The molecule has 2 aliphatic heterocycles. The average molecular weight is 1430 g/mol. The van der Waals surface area contributed by atoms with Crippen molar-refractivity contribution in [2.75, 3.05) is 54.9 Å². The molecule has 0 spiro atoms. The number of anilines is 3. The number of imide groups is 1. The number of pyridine rings is 1. The number of aromatic carboxylic acids is 1. The minimum absolute atomic E-state index is 0.0987. The van der Waals surface area contributed by atoms with E-state index < -0.39 is 47.5 Å². The molecule has 2 bridgehead atoms. The highest BCUT2D eigenvalue weighted by Gasteiger charge is 2.56. The van der Waals surface area contributed by atoms with Crippen LogP contribution in [0, 0.1) is 35.5 Å². The van der Waals surface area contributed by atoms with Gasteiger partial charge >= 0.3 is 24.1 Å². The SMILES string of the molecule is Cc1c(-c2ccc(N3CCc4cccc(C(=O)Nc5nc6ccccc6s5)c4C3)nc2C(=O)O)cnn1CC1(C)CC2(C)CC(C)CC(OCCN(CCCC(=O)O)C(=O)OCc3ccc(NC(=O)[C@H](CCCNC(N)=O)CC(=O)[C@@H](NC(=O)CCCCCN4C(=O)C=CC4=O)C(C)C)cc3)(C2)C1. The fraction of sp³-hybridized carbons (Fsp3) is 0.487. The van der Waals surface area contributed by atoms with Gasteiger partial charge in [-0.1, -0.05) is 88.8 Å². The third-order valence-corrected chi connectivity index (χ3v) is 21.0. The molecule has 2 saturated carbocycles. The molecule has 4 aliphatic rings. The van der Waals surface area contributed by atoms with Crippen molar-refractivity contribution in [3.05, 3.63) is 131 Å². The number of urea groups is 1. The highest BCUT2D eigenvalue weighted by molar-refractivity contribution is 7.22. The number of thiazole rings is 1. The number of nitrogens with one attached hydrogen (secondary N) is 4. The van der Waals surface area contributed by atoms with E-state index in [1.165, 1.54) is 28.4 Å². The summed E-state index contributed by atoms with van der Waals surface area (Å²) >= 11 is 1.40. The van der Waals surface area contributed by atoms with Gasteiger partial charge in [0.05, 0.1) is 34.7 Å². The van der Waals surface area contributed by atoms with Crippen molar-refractivity contribution in [1.82, 2.24) is 40.2 Å². The number of ketones is 1. The topological polar surface area (TPSA) is 357 Å². The molecule has 2 aliphatic carbocycles. The number of benzene rings is 3. The number of nitrogens with two attached hydrogens (primary N) is 1. The predicted molar refractivity (Wildman–Crippen MR) is 388 cm³/mol. The number of primary amides is 1. The first-order valence-corrected chi connectivity index (χ1v) is 36.3. The number of ether oxygens (including phenoxy) is 2. The number of rotatable bonds is 34. The molecule has 8 amide bonds. The molecule has 3 aromatic heterocycles. The number of hydrogen-bond acceptors (Lipinski definition) is 17. The van der Waals surface area contributed by atoms with Crippen LogP contribution in [0.5, 0.6) is 0 Å². The Kier molecular flexibility index (Phi) is 24.6. The Morgan fingerprint density at radius 1 is 0.825 bits per heavy atom. The summed E-state index contributed by atoms with van der Waals surface area (Å²) < 4.78 is 15.8. The molecule has 6 atom stereocenters. The normalized spacial score (nSPS) is 19.7. The predicted octanol–water partition coefficient (Wildman–Crippen LogP) is 10.9. The zero-order valence-corrected chi connectivity index (χ0v) is 60.2. The summed E-state index contributed by atoms with van der Waals surface area (Å²) in [6.07, 6.45) is 10.3. The number of carbonyl (C=O) groups excluding carboxylic acids is 8. The van der Waals surface area contributed by atoms with Gasteiger partial charge in [-0.25, -0.2) is 24.4 Å². The molecule has 103 heavy (non-hydrogen) atoms. The number of hydrogen-bond donors (Lipinski definition) is 7. The van der Waals surface area contributed by atoms with Gasteiger partial charge in [-0.3, -0.25) is 48.5 Å². The molecule has 6 aromatic rings. The van der Waals surface area contributed by atoms with Gasteiger partial charge in [-0.15, -0.1) is 0 Å². The van der Waals surface area contributed by atoms with Gasteiger partial charge in [0.1, 0.15) is 12.4 Å². The van der Waals surface area contributed by atoms with Gasteiger partial charge in [-0.05, 0) is 159 Å². The van der Waals surface area contributed by atoms with E-state index >= 15 is 0 Å². The largest absolute Gasteiger partial charge is 0.481 e. The number of carbonyl (C=O) groups is 10. The molecular formula is C76H94N12O14S. The standard InChI is InChI=1S/C76H94N12O14S/c1-47(2)66(83-62(90)20-8-7-11-33-87-63(91)28-29-64(87)92)59(89)37-52(16-13-31-78-71(77)99)68(95)80-53-24-22-50(23-25-53)42-101-73(100)85(32-14-21-65(93)94)35-36-102-76-39-48(3)38-74(5,44-76)43-75(6,45-76)46-88-49(4)56(40-79-88)54-26-27-61(82-67(54)70(97)98)86-34-30-51-15-12-17-55(57(51)41-86)69(96)84-72-81-58-18-9-10-19-60(58)103-72/h9-10,12,15,17-19,22-29,40,47-48,52,66H,7-8,11,13-14,16,20-21,30-39,41-46H2,1-6H3,(H,80,95)(H,83,90)(H,93,94)(H,97,98)(H3,77,78,99)(H,81,84,96)/t48?,52-,66+,74?,75?,76?/m1/s1. The average Bonchev–Trinajstić information content (AvgIpc) is 0.783. The van der Waals surface area contributed by atoms with Gasteiger partial charge < -0.3 is 51.2 Å². The van der Waals surface area contributed by atoms with E-state index in [1.807, 2.05) is 59.0 Å². The van der Waals surface area contributed by atoms with E-state index in [9.17, 15) is 58.2 Å². The monoisotopic (exact) mass is 1430 g/mol. The molecule has 0 saturated heterocycles. The van der Waals surface area contributed by atoms with Gasteiger partial charge in [0.25, 0.3) is 17.7 Å². The van der Waals surface area contributed by atoms with Gasteiger partial charge in [-0.2, -0.15) is 5.10 Å². The van der Waals surface area contributed by atoms with Crippen LogP contribution < -0.4 is 31.9 Å². The van der Waals surface area contributed by atoms with Crippen LogP contribution in [-0.2, 0) is 64.4 Å². The lowest BCUT2D eigenvalue weighted by atomic mass is 9.51. The highest BCUT2D eigenvalue weighted by Crippen LogP contribution is 2.60. The molecule has 8 N–H and O–H groups in total. The molecule has 27 heteroatoms. The Balaban J connectivity index is 0.743. The van der Waals surface area contributed by atoms with Crippen LogP contribution in [-0.4, -0.2) is 150 Å². The fourth-order valence-electron chi connectivity index (χ4n) is 16.0. The van der Waals surface area contributed by atoms with E-state index in [2.05, 4.69) is 47.0 Å². The molecule has 10 rings (SSSR count). The first-order chi connectivity index (χ1) is 49.1. The number of aromatic nitrogens is 4. The number of fused-ring (bicyclic) bond motifs is 4. The van der Waals surface area contributed by atoms with Crippen molar-refractivity contribution in [3.63, 3.8) is 0 Å². The van der Waals surface area contributed by atoms with Crippen molar-refractivity contribution >= 4 is 97.6 Å². The number of aliphatic carboxylic acids is 1. The van der Waals surface area contributed by atoms with E-state index in [-0.39, 0.29) is 123 Å². The van der Waals surface area contributed by atoms with E-state index in [4.69, 9.17) is 25.3 Å². The number of amides is 8. The van der Waals surface area contributed by atoms with E-state index in [0.29, 0.717) is 103 Å². The number of nitrogens with zero attached hydrogens (tertiary/aromatic N) is 7. The van der Waals surface area contributed by atoms with Crippen LogP contribution >= 0.6 is 11.3 Å². The summed E-state index contributed by atoms with van der Waals surface area (Å²) in [4.78, 5) is 143. The molecule has 3 aromatic carbocycles. The van der Waals surface area contributed by atoms with Crippen LogP contribution in [0.2, 0.25) is 0 Å². The molecule has 5 heterocycles. The fourth-order valence-corrected chi connectivity index (χ4v) is 16.8. The molecule has 4 unspecified atom stereocenters. The lowest BCUT2D eigenvalue weighted by Crippen LogP contribution is -2.55. The number of unbranched alkanes of at least 4 members (excludes halogenated alkanes) is 2. The molecule has 0 radical (unpaired) electrons. The highest BCUT2D eigenvalue weighted by atomic mass is 32.1. The lowest BCUT2D eigenvalue weighted by Gasteiger charge is -2.58. The number of carboxylic acids is 2. The third kappa shape index (κ3) is 19.6. The van der Waals surface area contributed by atoms with Crippen LogP contribution in [0.1, 0.15) is 168 Å². The minimum Gasteiger partial charge on any atom is -0.481 e. The molecule has 26 nitrogen and oxygen atoms in total. The number of carboxylic acid groups (broad SMARTS) is 2. The van der Waals surface area contributed by atoms with Crippen LogP contribution in [0.4, 0.5) is 26.2 Å². The zero-order valence-electron chi connectivity index (χ0n) is 59.4. The van der Waals surface area contributed by atoms with Crippen LogP contribution in [0.15, 0.2) is 97.2 Å². The second-order valence-electron chi connectivity index (χ2n) is 29.2. The quantitative estimate of drug-likeness (QED) is 0.0146. The molecule has 548 valence electrons. The number of para-hydroxylation sites is 1. The Morgan fingerprint density at radius 2 is 1.59 bits per heavy atom. The third-order valence-electron chi connectivity index (χ3n) is 20.1. The Bertz CT molecular complexity index is 4140. The summed E-state index contributed by atoms with van der Waals surface area (Å²) in [5, 5.41) is 37.0. The van der Waals surface area contributed by atoms with Crippen molar-refractivity contribution in [1.29, 1.82) is 0 Å². The molecule has 2 fully saturated rings.